The van der Waals surface area contributed by atoms with Gasteiger partial charge in [0.15, 0.2) is 16.6 Å². The zero-order valence-electron chi connectivity index (χ0n) is 28.4. The second-order valence-corrected chi connectivity index (χ2v) is 24.7. The Bertz CT molecular complexity index is 894. The minimum absolute atomic E-state index is 0.00533. The van der Waals surface area contributed by atoms with Crippen molar-refractivity contribution in [2.75, 3.05) is 13.4 Å². The summed E-state index contributed by atoms with van der Waals surface area (Å²) in [5, 5.41) is 33.6. The van der Waals surface area contributed by atoms with Gasteiger partial charge in [0, 0.05) is 18.4 Å². The predicted molar refractivity (Wildman–Crippen MR) is 173 cm³/mol. The highest BCUT2D eigenvalue weighted by Gasteiger charge is 2.51. The molecule has 3 N–H and O–H groups in total. The summed E-state index contributed by atoms with van der Waals surface area (Å²) >= 11 is 0. The Morgan fingerprint density at radius 2 is 1.29 bits per heavy atom. The SMILES string of the molecule is CC(CO)C(OCOCc1ccccc1)C(C)(O)C(O)C(C)C(O[Si](C)(C)C(C)(C)C)C(C)O[Si](C)(C)C(C)(C)C. The molecule has 0 saturated carbocycles. The lowest BCUT2D eigenvalue weighted by Crippen LogP contribution is -2.61. The highest BCUT2D eigenvalue weighted by atomic mass is 28.4. The number of rotatable bonds is 16. The Kier molecular flexibility index (Phi) is 14.0. The van der Waals surface area contributed by atoms with Crippen LogP contribution in [0.5, 0.6) is 0 Å². The number of aliphatic hydroxyl groups is 3. The van der Waals surface area contributed by atoms with Crippen LogP contribution in [-0.4, -0.2) is 75.4 Å². The van der Waals surface area contributed by atoms with Crippen LogP contribution in [0.1, 0.15) is 74.8 Å². The molecule has 0 bridgehead atoms. The van der Waals surface area contributed by atoms with E-state index in [9.17, 15) is 15.3 Å². The molecular formula is C32H62O7Si2. The summed E-state index contributed by atoms with van der Waals surface area (Å²) in [6, 6.07) is 9.75. The summed E-state index contributed by atoms with van der Waals surface area (Å²) < 4.78 is 25.5. The summed E-state index contributed by atoms with van der Waals surface area (Å²) in [5.74, 6) is -0.950. The van der Waals surface area contributed by atoms with Crippen LogP contribution in [0.3, 0.4) is 0 Å². The van der Waals surface area contributed by atoms with E-state index in [1.54, 1.807) is 13.8 Å². The van der Waals surface area contributed by atoms with E-state index >= 15 is 0 Å². The first-order valence-electron chi connectivity index (χ1n) is 15.1. The second kappa shape index (κ2) is 14.9. The van der Waals surface area contributed by atoms with Crippen LogP contribution in [0.2, 0.25) is 36.3 Å². The van der Waals surface area contributed by atoms with E-state index in [1.807, 2.05) is 44.2 Å². The van der Waals surface area contributed by atoms with Crippen molar-refractivity contribution in [2.24, 2.45) is 11.8 Å². The molecule has 0 aliphatic carbocycles. The predicted octanol–water partition coefficient (Wildman–Crippen LogP) is 6.72. The van der Waals surface area contributed by atoms with Crippen LogP contribution >= 0.6 is 0 Å². The fraction of sp³-hybridized carbons (Fsp3) is 0.812. The van der Waals surface area contributed by atoms with Crippen molar-refractivity contribution in [3.05, 3.63) is 35.9 Å². The van der Waals surface area contributed by atoms with E-state index < -0.39 is 52.4 Å². The van der Waals surface area contributed by atoms with E-state index in [4.69, 9.17) is 18.3 Å². The van der Waals surface area contributed by atoms with Crippen molar-refractivity contribution in [3.63, 3.8) is 0 Å². The standard InChI is InChI=1S/C32H62O7Si2/c1-23(20-33)29(37-22-36-21-26-18-16-15-17-19-26)32(10,35)28(34)24(2)27(39-41(13,14)31(7,8)9)25(3)38-40(11,12)30(4,5)6/h15-19,23-25,27-29,33-35H,20-22H2,1-14H3. The lowest BCUT2D eigenvalue weighted by atomic mass is 9.78. The molecule has 7 unspecified atom stereocenters. The van der Waals surface area contributed by atoms with Crippen molar-refractivity contribution < 1.29 is 33.6 Å². The molecule has 41 heavy (non-hydrogen) atoms. The van der Waals surface area contributed by atoms with Gasteiger partial charge in [-0.2, -0.15) is 0 Å². The summed E-state index contributed by atoms with van der Waals surface area (Å²) in [5.41, 5.74) is -0.701. The molecule has 0 saturated heterocycles. The van der Waals surface area contributed by atoms with E-state index in [2.05, 4.69) is 67.7 Å². The van der Waals surface area contributed by atoms with Gasteiger partial charge in [-0.05, 0) is 55.7 Å². The molecule has 0 aliphatic rings. The molecule has 0 spiro atoms. The van der Waals surface area contributed by atoms with Gasteiger partial charge in [0.25, 0.3) is 0 Å². The summed E-state index contributed by atoms with van der Waals surface area (Å²) in [4.78, 5) is 0. The molecule has 1 aromatic carbocycles. The van der Waals surface area contributed by atoms with Crippen LogP contribution in [-0.2, 0) is 24.9 Å². The lowest BCUT2D eigenvalue weighted by Gasteiger charge is -2.48. The molecule has 7 atom stereocenters. The van der Waals surface area contributed by atoms with Crippen LogP contribution in [0.15, 0.2) is 30.3 Å². The van der Waals surface area contributed by atoms with E-state index in [-0.39, 0.29) is 29.6 Å². The van der Waals surface area contributed by atoms with Crippen molar-refractivity contribution in [2.45, 2.75) is 142 Å². The molecule has 0 heterocycles. The first-order chi connectivity index (χ1) is 18.5. The Morgan fingerprint density at radius 3 is 1.76 bits per heavy atom. The third-order valence-corrected chi connectivity index (χ3v) is 18.5. The van der Waals surface area contributed by atoms with Gasteiger partial charge >= 0.3 is 0 Å². The van der Waals surface area contributed by atoms with Gasteiger partial charge in [0.2, 0.25) is 0 Å². The third kappa shape index (κ3) is 10.5. The molecule has 0 fully saturated rings. The highest BCUT2D eigenvalue weighted by molar-refractivity contribution is 6.74. The smallest absolute Gasteiger partial charge is 0.192 e. The third-order valence-electron chi connectivity index (χ3n) is 9.42. The van der Waals surface area contributed by atoms with Gasteiger partial charge in [-0.3, -0.25) is 0 Å². The van der Waals surface area contributed by atoms with Crippen molar-refractivity contribution >= 4 is 16.6 Å². The number of hydrogen-bond donors (Lipinski definition) is 3. The number of aliphatic hydroxyl groups excluding tert-OH is 2. The fourth-order valence-corrected chi connectivity index (χ4v) is 7.45. The fourth-order valence-electron chi connectivity index (χ4n) is 4.60. The van der Waals surface area contributed by atoms with Crippen LogP contribution in [0, 0.1) is 11.8 Å². The van der Waals surface area contributed by atoms with Gasteiger partial charge in [0.1, 0.15) is 12.4 Å². The Hall–Kier alpha value is -0.626. The topological polar surface area (TPSA) is 97.6 Å². The van der Waals surface area contributed by atoms with Crippen molar-refractivity contribution in [1.82, 2.24) is 0 Å². The Morgan fingerprint density at radius 1 is 0.805 bits per heavy atom. The number of ether oxygens (including phenoxy) is 2. The summed E-state index contributed by atoms with van der Waals surface area (Å²) in [7, 11) is -4.44. The quantitative estimate of drug-likeness (QED) is 0.108. The minimum Gasteiger partial charge on any atom is -0.412 e. The first kappa shape index (κ1) is 38.4. The average molecular weight is 615 g/mol. The maximum atomic E-state index is 11.9. The molecule has 7 nitrogen and oxygen atoms in total. The monoisotopic (exact) mass is 614 g/mol. The average Bonchev–Trinajstić information content (AvgIpc) is 2.84. The van der Waals surface area contributed by atoms with Gasteiger partial charge in [-0.1, -0.05) is 85.7 Å². The summed E-state index contributed by atoms with van der Waals surface area (Å²) in [6.45, 7) is 29.4. The van der Waals surface area contributed by atoms with Crippen molar-refractivity contribution in [3.8, 4) is 0 Å². The minimum atomic E-state index is -2.28. The zero-order chi connectivity index (χ0) is 32.0. The van der Waals surface area contributed by atoms with E-state index in [0.29, 0.717) is 6.61 Å². The van der Waals surface area contributed by atoms with Crippen LogP contribution in [0.4, 0.5) is 0 Å². The zero-order valence-corrected chi connectivity index (χ0v) is 30.4. The Labute approximate surface area is 253 Å². The van der Waals surface area contributed by atoms with Gasteiger partial charge in [-0.15, -0.1) is 0 Å². The second-order valence-electron chi connectivity index (χ2n) is 15.2. The molecule has 1 aromatic rings. The van der Waals surface area contributed by atoms with Crippen LogP contribution in [0.25, 0.3) is 0 Å². The molecule has 1 rings (SSSR count). The number of hydrogen-bond acceptors (Lipinski definition) is 7. The van der Waals surface area contributed by atoms with Crippen LogP contribution < -0.4 is 0 Å². The molecule has 0 radical (unpaired) electrons. The van der Waals surface area contributed by atoms with Gasteiger partial charge in [-0.25, -0.2) is 0 Å². The van der Waals surface area contributed by atoms with Gasteiger partial charge in [0.05, 0.1) is 31.0 Å². The summed E-state index contributed by atoms with van der Waals surface area (Å²) in [6.07, 6.45) is -2.89. The van der Waals surface area contributed by atoms with E-state index in [1.165, 1.54) is 0 Å². The maximum absolute atomic E-state index is 11.9. The van der Waals surface area contributed by atoms with E-state index in [0.717, 1.165) is 5.56 Å². The lowest BCUT2D eigenvalue weighted by molar-refractivity contribution is -0.223. The molecule has 0 amide bonds. The maximum Gasteiger partial charge on any atom is 0.192 e. The normalized spacial score (nSPS) is 19.6. The molecule has 0 aromatic heterocycles. The van der Waals surface area contributed by atoms with Gasteiger partial charge < -0.3 is 33.6 Å². The first-order valence-corrected chi connectivity index (χ1v) is 20.9. The molecule has 0 aliphatic heterocycles. The molecule has 240 valence electrons. The highest BCUT2D eigenvalue weighted by Crippen LogP contribution is 2.42. The largest absolute Gasteiger partial charge is 0.412 e. The number of benzene rings is 1. The molecule has 9 heteroatoms. The molecular weight excluding hydrogens is 553 g/mol. The van der Waals surface area contributed by atoms with Crippen molar-refractivity contribution in [1.29, 1.82) is 0 Å². The Balaban J connectivity index is 3.27.